The van der Waals surface area contributed by atoms with E-state index in [2.05, 4.69) is 41.0 Å². The van der Waals surface area contributed by atoms with Gasteiger partial charge in [0, 0.05) is 38.4 Å². The summed E-state index contributed by atoms with van der Waals surface area (Å²) in [7, 11) is 0. The summed E-state index contributed by atoms with van der Waals surface area (Å²) in [5.74, 6) is 0. The predicted octanol–water partition coefficient (Wildman–Crippen LogP) is 1.36. The normalized spacial score (nSPS) is 17.4. The second-order valence-corrected chi connectivity index (χ2v) is 4.57. The summed E-state index contributed by atoms with van der Waals surface area (Å²) in [6, 6.07) is 8.88. The fourth-order valence-electron chi connectivity index (χ4n) is 2.31. The fraction of sp³-hybridized carbons (Fsp3) is 0.571. The maximum atomic E-state index is 8.90. The average molecular weight is 234 g/mol. The van der Waals surface area contributed by atoms with Crippen LogP contribution in [0.3, 0.4) is 0 Å². The third kappa shape index (κ3) is 3.20. The summed E-state index contributed by atoms with van der Waals surface area (Å²) in [6.07, 6.45) is 1.10. The van der Waals surface area contributed by atoms with Gasteiger partial charge in [0.2, 0.25) is 0 Å². The van der Waals surface area contributed by atoms with E-state index in [1.165, 1.54) is 11.3 Å². The van der Waals surface area contributed by atoms with Gasteiger partial charge in [-0.2, -0.15) is 0 Å². The first-order valence-electron chi connectivity index (χ1n) is 6.50. The first-order chi connectivity index (χ1) is 8.33. The molecule has 3 heteroatoms. The Morgan fingerprint density at radius 3 is 2.24 bits per heavy atom. The minimum absolute atomic E-state index is 0.269. The van der Waals surface area contributed by atoms with Crippen molar-refractivity contribution in [2.24, 2.45) is 0 Å². The van der Waals surface area contributed by atoms with Gasteiger partial charge in [-0.1, -0.05) is 19.1 Å². The smallest absolute Gasteiger partial charge is 0.0558 e. The van der Waals surface area contributed by atoms with E-state index in [0.29, 0.717) is 0 Å². The van der Waals surface area contributed by atoms with Crippen LogP contribution in [0.2, 0.25) is 0 Å². The lowest BCUT2D eigenvalue weighted by atomic mass is 10.1. The lowest BCUT2D eigenvalue weighted by Gasteiger charge is -2.35. The number of aryl methyl sites for hydroxylation is 1. The molecule has 0 saturated carbocycles. The maximum Gasteiger partial charge on any atom is 0.0558 e. The molecule has 0 atom stereocenters. The van der Waals surface area contributed by atoms with Gasteiger partial charge in [-0.15, -0.1) is 0 Å². The molecule has 1 N–H and O–H groups in total. The Morgan fingerprint density at radius 1 is 1.06 bits per heavy atom. The van der Waals surface area contributed by atoms with Gasteiger partial charge in [0.05, 0.1) is 6.61 Å². The molecule has 0 unspecified atom stereocenters. The summed E-state index contributed by atoms with van der Waals surface area (Å²) >= 11 is 0. The molecule has 0 bridgehead atoms. The van der Waals surface area contributed by atoms with Gasteiger partial charge in [0.25, 0.3) is 0 Å². The highest BCUT2D eigenvalue weighted by atomic mass is 16.3. The molecule has 3 nitrogen and oxygen atoms in total. The number of anilines is 1. The largest absolute Gasteiger partial charge is 0.395 e. The quantitative estimate of drug-likeness (QED) is 0.852. The second-order valence-electron chi connectivity index (χ2n) is 4.57. The van der Waals surface area contributed by atoms with Crippen molar-refractivity contribution in [1.82, 2.24) is 4.90 Å². The summed E-state index contributed by atoms with van der Waals surface area (Å²) in [4.78, 5) is 4.74. The molecular formula is C14H22N2O. The van der Waals surface area contributed by atoms with Gasteiger partial charge < -0.3 is 10.0 Å². The standard InChI is InChI=1S/C14H22N2O/c1-2-13-3-5-14(6-4-13)16-9-7-15(8-10-16)11-12-17/h3-6,17H,2,7-12H2,1H3. The van der Waals surface area contributed by atoms with Crippen LogP contribution in [-0.2, 0) is 6.42 Å². The molecule has 1 aliphatic rings. The molecule has 0 aliphatic carbocycles. The van der Waals surface area contributed by atoms with Crippen molar-refractivity contribution in [2.75, 3.05) is 44.2 Å². The Kier molecular flexibility index (Phi) is 4.40. The minimum atomic E-state index is 0.269. The van der Waals surface area contributed by atoms with Crippen molar-refractivity contribution >= 4 is 5.69 Å². The number of nitrogens with zero attached hydrogens (tertiary/aromatic N) is 2. The van der Waals surface area contributed by atoms with Crippen LogP contribution in [0, 0.1) is 0 Å². The predicted molar refractivity (Wildman–Crippen MR) is 71.6 cm³/mol. The molecule has 94 valence electrons. The fourth-order valence-corrected chi connectivity index (χ4v) is 2.31. The molecule has 0 amide bonds. The third-order valence-corrected chi connectivity index (χ3v) is 3.50. The minimum Gasteiger partial charge on any atom is -0.395 e. The van der Waals surface area contributed by atoms with Crippen LogP contribution in [0.1, 0.15) is 12.5 Å². The van der Waals surface area contributed by atoms with Crippen molar-refractivity contribution in [2.45, 2.75) is 13.3 Å². The topological polar surface area (TPSA) is 26.7 Å². The van der Waals surface area contributed by atoms with Crippen LogP contribution >= 0.6 is 0 Å². The molecule has 17 heavy (non-hydrogen) atoms. The Balaban J connectivity index is 1.91. The summed E-state index contributed by atoms with van der Waals surface area (Å²) < 4.78 is 0. The number of hydrogen-bond donors (Lipinski definition) is 1. The van der Waals surface area contributed by atoms with E-state index in [1.807, 2.05) is 0 Å². The van der Waals surface area contributed by atoms with E-state index >= 15 is 0 Å². The number of piperazine rings is 1. The Labute approximate surface area is 104 Å². The highest BCUT2D eigenvalue weighted by Gasteiger charge is 2.16. The Hall–Kier alpha value is -1.06. The van der Waals surface area contributed by atoms with Gasteiger partial charge in [-0.05, 0) is 24.1 Å². The van der Waals surface area contributed by atoms with Crippen molar-refractivity contribution < 1.29 is 5.11 Å². The van der Waals surface area contributed by atoms with E-state index in [1.54, 1.807) is 0 Å². The molecule has 1 saturated heterocycles. The lowest BCUT2D eigenvalue weighted by molar-refractivity contribution is 0.189. The number of β-amino-alcohol motifs (C(OH)–C–C–N with tert-alkyl or cyclic N) is 1. The van der Waals surface area contributed by atoms with Crippen molar-refractivity contribution in [3.8, 4) is 0 Å². The first kappa shape index (κ1) is 12.4. The SMILES string of the molecule is CCc1ccc(N2CCN(CCO)CC2)cc1. The van der Waals surface area contributed by atoms with Crippen LogP contribution in [0.5, 0.6) is 0 Å². The summed E-state index contributed by atoms with van der Waals surface area (Å²) in [6.45, 7) is 7.49. The highest BCUT2D eigenvalue weighted by Crippen LogP contribution is 2.17. The van der Waals surface area contributed by atoms with Crippen LogP contribution in [0.15, 0.2) is 24.3 Å². The number of benzene rings is 1. The van der Waals surface area contributed by atoms with Crippen molar-refractivity contribution in [3.63, 3.8) is 0 Å². The van der Waals surface area contributed by atoms with E-state index < -0.39 is 0 Å². The third-order valence-electron chi connectivity index (χ3n) is 3.50. The van der Waals surface area contributed by atoms with Gasteiger partial charge >= 0.3 is 0 Å². The van der Waals surface area contributed by atoms with Crippen LogP contribution in [-0.4, -0.2) is 49.3 Å². The van der Waals surface area contributed by atoms with Crippen LogP contribution in [0.25, 0.3) is 0 Å². The molecule has 0 radical (unpaired) electrons. The molecule has 1 fully saturated rings. The number of hydrogen-bond acceptors (Lipinski definition) is 3. The molecule has 1 aliphatic heterocycles. The molecule has 0 aromatic heterocycles. The van der Waals surface area contributed by atoms with E-state index in [0.717, 1.165) is 39.1 Å². The highest BCUT2D eigenvalue weighted by molar-refractivity contribution is 5.48. The van der Waals surface area contributed by atoms with Crippen molar-refractivity contribution in [1.29, 1.82) is 0 Å². The Bertz CT molecular complexity index is 329. The number of rotatable bonds is 4. The first-order valence-corrected chi connectivity index (χ1v) is 6.50. The molecule has 1 aromatic carbocycles. The monoisotopic (exact) mass is 234 g/mol. The Morgan fingerprint density at radius 2 is 1.71 bits per heavy atom. The molecule has 1 heterocycles. The maximum absolute atomic E-state index is 8.90. The van der Waals surface area contributed by atoms with Crippen LogP contribution < -0.4 is 4.90 Å². The summed E-state index contributed by atoms with van der Waals surface area (Å²) in [5.41, 5.74) is 2.72. The van der Waals surface area contributed by atoms with Crippen molar-refractivity contribution in [3.05, 3.63) is 29.8 Å². The van der Waals surface area contributed by atoms with Gasteiger partial charge in [-0.25, -0.2) is 0 Å². The zero-order valence-corrected chi connectivity index (χ0v) is 10.6. The van der Waals surface area contributed by atoms with E-state index in [-0.39, 0.29) is 6.61 Å². The van der Waals surface area contributed by atoms with Gasteiger partial charge in [0.15, 0.2) is 0 Å². The van der Waals surface area contributed by atoms with Crippen LogP contribution in [0.4, 0.5) is 5.69 Å². The lowest BCUT2D eigenvalue weighted by Crippen LogP contribution is -2.47. The molecule has 1 aromatic rings. The van der Waals surface area contributed by atoms with Gasteiger partial charge in [0.1, 0.15) is 0 Å². The zero-order valence-electron chi connectivity index (χ0n) is 10.6. The summed E-state index contributed by atoms with van der Waals surface area (Å²) in [5, 5.41) is 8.90. The molecule has 2 rings (SSSR count). The molecular weight excluding hydrogens is 212 g/mol. The van der Waals surface area contributed by atoms with E-state index in [9.17, 15) is 0 Å². The molecule has 0 spiro atoms. The average Bonchev–Trinajstić information content (AvgIpc) is 2.40. The number of aliphatic hydroxyl groups is 1. The zero-order chi connectivity index (χ0) is 12.1. The van der Waals surface area contributed by atoms with Gasteiger partial charge in [-0.3, -0.25) is 4.90 Å². The second kappa shape index (κ2) is 6.03. The number of aliphatic hydroxyl groups excluding tert-OH is 1. The van der Waals surface area contributed by atoms with E-state index in [4.69, 9.17) is 5.11 Å².